The summed E-state index contributed by atoms with van der Waals surface area (Å²) in [5, 5.41) is 0.394. The van der Waals surface area contributed by atoms with E-state index < -0.39 is 10.0 Å². The summed E-state index contributed by atoms with van der Waals surface area (Å²) in [7, 11) is -1.23. The molecule has 0 fully saturated rings. The molecule has 7 heteroatoms. The van der Waals surface area contributed by atoms with Crippen LogP contribution >= 0.6 is 23.2 Å². The maximum absolute atomic E-state index is 11.8. The highest BCUT2D eigenvalue weighted by Gasteiger charge is 2.23. The number of hydrogen-bond acceptors (Lipinski definition) is 3. The van der Waals surface area contributed by atoms with Gasteiger partial charge in [-0.05, 0) is 18.2 Å². The van der Waals surface area contributed by atoms with E-state index >= 15 is 0 Å². The van der Waals surface area contributed by atoms with Crippen LogP contribution in [0.2, 0.25) is 10.0 Å². The van der Waals surface area contributed by atoms with Crippen molar-refractivity contribution in [3.05, 3.63) is 28.2 Å². The molecule has 0 atom stereocenters. The van der Waals surface area contributed by atoms with Crippen molar-refractivity contribution in [1.29, 1.82) is 0 Å². The second-order valence-electron chi connectivity index (χ2n) is 2.67. The van der Waals surface area contributed by atoms with E-state index in [4.69, 9.17) is 23.2 Å². The first kappa shape index (κ1) is 12.7. The van der Waals surface area contributed by atoms with E-state index in [2.05, 4.69) is 4.84 Å². The van der Waals surface area contributed by atoms with Crippen LogP contribution < -0.4 is 0 Å². The van der Waals surface area contributed by atoms with E-state index in [0.717, 1.165) is 0 Å². The van der Waals surface area contributed by atoms with E-state index in [1.165, 1.54) is 32.4 Å². The van der Waals surface area contributed by atoms with E-state index in [-0.39, 0.29) is 9.92 Å². The van der Waals surface area contributed by atoms with Crippen LogP contribution in [-0.4, -0.2) is 27.0 Å². The van der Waals surface area contributed by atoms with Crippen molar-refractivity contribution in [2.75, 3.05) is 14.2 Å². The van der Waals surface area contributed by atoms with E-state index in [0.29, 0.717) is 9.49 Å². The summed E-state index contributed by atoms with van der Waals surface area (Å²) in [6.45, 7) is 0. The Labute approximate surface area is 98.4 Å². The number of benzene rings is 1. The number of sulfonamides is 1. The Morgan fingerprint density at radius 3 is 2.47 bits per heavy atom. The number of rotatable bonds is 3. The molecule has 0 N–H and O–H groups in total. The molecular weight excluding hydrogens is 261 g/mol. The van der Waals surface area contributed by atoms with Gasteiger partial charge in [-0.1, -0.05) is 27.7 Å². The van der Waals surface area contributed by atoms with Gasteiger partial charge < -0.3 is 0 Å². The lowest BCUT2D eigenvalue weighted by Gasteiger charge is -2.15. The van der Waals surface area contributed by atoms with Crippen LogP contribution in [0.25, 0.3) is 0 Å². The zero-order valence-electron chi connectivity index (χ0n) is 8.07. The van der Waals surface area contributed by atoms with Crippen molar-refractivity contribution in [3.63, 3.8) is 0 Å². The largest absolute Gasteiger partial charge is 0.288 e. The maximum atomic E-state index is 11.8. The molecular formula is C8H9Cl2NO3S. The number of nitrogens with zero attached hydrogens (tertiary/aromatic N) is 1. The molecule has 0 aliphatic carbocycles. The first-order chi connectivity index (χ1) is 6.89. The third-order valence-corrected chi connectivity index (χ3v) is 4.16. The van der Waals surface area contributed by atoms with Crippen molar-refractivity contribution in [2.24, 2.45) is 0 Å². The Kier molecular flexibility index (Phi) is 3.97. The van der Waals surface area contributed by atoms with Crippen LogP contribution in [-0.2, 0) is 14.9 Å². The Bertz CT molecular complexity index is 461. The lowest BCUT2D eigenvalue weighted by molar-refractivity contribution is -0.0258. The van der Waals surface area contributed by atoms with Crippen LogP contribution in [0.4, 0.5) is 0 Å². The summed E-state index contributed by atoms with van der Waals surface area (Å²) < 4.78 is 24.3. The molecule has 0 aliphatic rings. The molecule has 0 saturated heterocycles. The molecule has 0 aliphatic heterocycles. The third kappa shape index (κ3) is 2.62. The van der Waals surface area contributed by atoms with Crippen LogP contribution in [0, 0.1) is 0 Å². The highest BCUT2D eigenvalue weighted by atomic mass is 35.5. The predicted molar refractivity (Wildman–Crippen MR) is 58.4 cm³/mol. The number of hydrogen-bond donors (Lipinski definition) is 0. The molecule has 0 radical (unpaired) electrons. The van der Waals surface area contributed by atoms with Gasteiger partial charge in [-0.2, -0.15) is 0 Å². The minimum Gasteiger partial charge on any atom is -0.288 e. The predicted octanol–water partition coefficient (Wildman–Crippen LogP) is 2.18. The second-order valence-corrected chi connectivity index (χ2v) is 5.42. The van der Waals surface area contributed by atoms with Crippen molar-refractivity contribution in [1.82, 2.24) is 4.47 Å². The summed E-state index contributed by atoms with van der Waals surface area (Å²) in [5.41, 5.74) is 0. The molecule has 84 valence electrons. The molecule has 0 spiro atoms. The lowest BCUT2D eigenvalue weighted by atomic mass is 10.4. The van der Waals surface area contributed by atoms with Gasteiger partial charge in [0, 0.05) is 12.1 Å². The highest BCUT2D eigenvalue weighted by molar-refractivity contribution is 7.89. The van der Waals surface area contributed by atoms with Gasteiger partial charge in [-0.25, -0.2) is 8.42 Å². The molecule has 1 aromatic carbocycles. The first-order valence-electron chi connectivity index (χ1n) is 3.87. The fourth-order valence-corrected chi connectivity index (χ4v) is 2.62. The summed E-state index contributed by atoms with van der Waals surface area (Å²) in [5.74, 6) is 0. The molecule has 1 rings (SSSR count). The zero-order valence-corrected chi connectivity index (χ0v) is 10.4. The van der Waals surface area contributed by atoms with E-state index in [1.54, 1.807) is 0 Å². The molecule has 1 aromatic rings. The summed E-state index contributed by atoms with van der Waals surface area (Å²) >= 11 is 11.5. The van der Waals surface area contributed by atoms with E-state index in [9.17, 15) is 8.42 Å². The third-order valence-electron chi connectivity index (χ3n) is 1.77. The van der Waals surface area contributed by atoms with Gasteiger partial charge in [-0.15, -0.1) is 0 Å². The van der Waals surface area contributed by atoms with Crippen LogP contribution in [0.15, 0.2) is 23.1 Å². The molecule has 15 heavy (non-hydrogen) atoms. The van der Waals surface area contributed by atoms with Gasteiger partial charge in [-0.3, -0.25) is 4.84 Å². The number of hydroxylamine groups is 1. The average Bonchev–Trinajstić information content (AvgIpc) is 2.20. The van der Waals surface area contributed by atoms with Gasteiger partial charge in [0.15, 0.2) is 0 Å². The smallest absolute Gasteiger partial charge is 0.266 e. The van der Waals surface area contributed by atoms with Crippen LogP contribution in [0.5, 0.6) is 0 Å². The lowest BCUT2D eigenvalue weighted by Crippen LogP contribution is -2.25. The van der Waals surface area contributed by atoms with Crippen molar-refractivity contribution < 1.29 is 13.3 Å². The molecule has 0 bridgehead atoms. The van der Waals surface area contributed by atoms with Gasteiger partial charge in [0.25, 0.3) is 10.0 Å². The standard InChI is InChI=1S/C8H9Cl2NO3S/c1-11(14-2)15(12,13)8-5-6(9)3-4-7(8)10/h3-5H,1-2H3. The fourth-order valence-electron chi connectivity index (χ4n) is 0.912. The SMILES string of the molecule is CON(C)S(=O)(=O)c1cc(Cl)ccc1Cl. The van der Waals surface area contributed by atoms with Crippen LogP contribution in [0.3, 0.4) is 0 Å². The second kappa shape index (κ2) is 4.67. The summed E-state index contributed by atoms with van der Waals surface area (Å²) in [6, 6.07) is 4.20. The monoisotopic (exact) mass is 269 g/mol. The molecule has 4 nitrogen and oxygen atoms in total. The van der Waals surface area contributed by atoms with Gasteiger partial charge >= 0.3 is 0 Å². The minimum atomic E-state index is -3.75. The maximum Gasteiger partial charge on any atom is 0.266 e. The molecule has 0 heterocycles. The highest BCUT2D eigenvalue weighted by Crippen LogP contribution is 2.26. The van der Waals surface area contributed by atoms with Gasteiger partial charge in [0.05, 0.1) is 12.1 Å². The average molecular weight is 270 g/mol. The Morgan fingerprint density at radius 1 is 1.33 bits per heavy atom. The van der Waals surface area contributed by atoms with Crippen molar-refractivity contribution in [2.45, 2.75) is 4.90 Å². The Morgan fingerprint density at radius 2 is 1.93 bits per heavy atom. The molecule has 0 amide bonds. The Hall–Kier alpha value is -0.330. The van der Waals surface area contributed by atoms with Gasteiger partial charge in [0.2, 0.25) is 0 Å². The van der Waals surface area contributed by atoms with Crippen molar-refractivity contribution >= 4 is 33.2 Å². The quantitative estimate of drug-likeness (QED) is 0.791. The van der Waals surface area contributed by atoms with Gasteiger partial charge in [0.1, 0.15) is 4.90 Å². The van der Waals surface area contributed by atoms with Crippen molar-refractivity contribution in [3.8, 4) is 0 Å². The van der Waals surface area contributed by atoms with E-state index in [1.807, 2.05) is 0 Å². The van der Waals surface area contributed by atoms with Crippen LogP contribution in [0.1, 0.15) is 0 Å². The molecule has 0 saturated carbocycles. The molecule has 0 aromatic heterocycles. The summed E-state index contributed by atoms with van der Waals surface area (Å²) in [6.07, 6.45) is 0. The minimum absolute atomic E-state index is 0.0824. The normalized spacial score (nSPS) is 12.1. The zero-order chi connectivity index (χ0) is 11.6. The first-order valence-corrected chi connectivity index (χ1v) is 6.07. The molecule has 0 unspecified atom stereocenters. The Balaban J connectivity index is 3.33. The fraction of sp³-hybridized carbons (Fsp3) is 0.250. The topological polar surface area (TPSA) is 46.6 Å². The summed E-state index contributed by atoms with van der Waals surface area (Å²) in [4.78, 5) is 4.53. The number of halogens is 2.